The molecule has 1 atom stereocenters. The molecule has 0 saturated carbocycles. The van der Waals surface area contributed by atoms with Crippen molar-refractivity contribution in [2.75, 3.05) is 13.2 Å². The van der Waals surface area contributed by atoms with Gasteiger partial charge in [-0.2, -0.15) is 0 Å². The van der Waals surface area contributed by atoms with E-state index in [4.69, 9.17) is 9.47 Å². The van der Waals surface area contributed by atoms with E-state index in [9.17, 15) is 19.5 Å². The molecule has 0 aliphatic heterocycles. The molecule has 1 aromatic rings. The van der Waals surface area contributed by atoms with Gasteiger partial charge in [-0.05, 0) is 19.4 Å². The summed E-state index contributed by atoms with van der Waals surface area (Å²) in [7, 11) is 0. The number of carbonyl (C=O) groups excluding carboxylic acids is 2. The van der Waals surface area contributed by atoms with Crippen LogP contribution >= 0.6 is 0 Å². The van der Waals surface area contributed by atoms with Gasteiger partial charge < -0.3 is 19.9 Å². The van der Waals surface area contributed by atoms with E-state index in [1.54, 1.807) is 44.2 Å². The predicted molar refractivity (Wildman–Crippen MR) is 81.3 cm³/mol. The SMILES string of the molecule is CCOC(=O)C(=CNC(C(=O)O)c1ccccc1)C(=O)OCC. The highest BCUT2D eigenvalue weighted by atomic mass is 16.6. The van der Waals surface area contributed by atoms with Gasteiger partial charge in [0.15, 0.2) is 5.57 Å². The maximum Gasteiger partial charge on any atom is 0.347 e. The summed E-state index contributed by atoms with van der Waals surface area (Å²) in [4.78, 5) is 35.0. The van der Waals surface area contributed by atoms with Gasteiger partial charge in [-0.3, -0.25) is 0 Å². The molecule has 0 fully saturated rings. The van der Waals surface area contributed by atoms with Crippen LogP contribution in [0.3, 0.4) is 0 Å². The van der Waals surface area contributed by atoms with Crippen LogP contribution in [0.1, 0.15) is 25.5 Å². The Bertz CT molecular complexity index is 561. The molecule has 0 aliphatic rings. The first-order valence-electron chi connectivity index (χ1n) is 7.09. The second-order valence-electron chi connectivity index (χ2n) is 4.35. The summed E-state index contributed by atoms with van der Waals surface area (Å²) in [5.74, 6) is -2.91. The Morgan fingerprint density at radius 2 is 1.61 bits per heavy atom. The van der Waals surface area contributed by atoms with Gasteiger partial charge in [0.05, 0.1) is 13.2 Å². The third-order valence-electron chi connectivity index (χ3n) is 2.76. The monoisotopic (exact) mass is 321 g/mol. The fourth-order valence-corrected chi connectivity index (χ4v) is 1.74. The van der Waals surface area contributed by atoms with Gasteiger partial charge >= 0.3 is 17.9 Å². The molecule has 7 nitrogen and oxygen atoms in total. The number of carboxylic acid groups (broad SMARTS) is 1. The molecule has 1 unspecified atom stereocenters. The van der Waals surface area contributed by atoms with Crippen molar-refractivity contribution in [1.29, 1.82) is 0 Å². The summed E-state index contributed by atoms with van der Waals surface area (Å²) in [6, 6.07) is 7.25. The lowest BCUT2D eigenvalue weighted by molar-refractivity contribution is -0.147. The van der Waals surface area contributed by atoms with Gasteiger partial charge in [-0.25, -0.2) is 14.4 Å². The van der Waals surface area contributed by atoms with Crippen molar-refractivity contribution in [1.82, 2.24) is 5.32 Å². The first-order valence-corrected chi connectivity index (χ1v) is 7.09. The average molecular weight is 321 g/mol. The molecular weight excluding hydrogens is 302 g/mol. The third kappa shape index (κ3) is 5.46. The van der Waals surface area contributed by atoms with E-state index in [2.05, 4.69) is 5.32 Å². The fraction of sp³-hybridized carbons (Fsp3) is 0.312. The van der Waals surface area contributed by atoms with Gasteiger partial charge in [-0.1, -0.05) is 30.3 Å². The highest BCUT2D eigenvalue weighted by molar-refractivity contribution is 6.14. The van der Waals surface area contributed by atoms with Crippen LogP contribution in [0, 0.1) is 0 Å². The third-order valence-corrected chi connectivity index (χ3v) is 2.76. The Hall–Kier alpha value is -2.83. The molecule has 0 amide bonds. The molecule has 23 heavy (non-hydrogen) atoms. The van der Waals surface area contributed by atoms with Gasteiger partial charge in [0.25, 0.3) is 0 Å². The molecule has 0 aliphatic carbocycles. The smallest absolute Gasteiger partial charge is 0.347 e. The highest BCUT2D eigenvalue weighted by Crippen LogP contribution is 2.13. The Kier molecular flexibility index (Phi) is 7.32. The maximum atomic E-state index is 11.8. The molecule has 1 rings (SSSR count). The van der Waals surface area contributed by atoms with Crippen molar-refractivity contribution in [2.45, 2.75) is 19.9 Å². The van der Waals surface area contributed by atoms with Crippen molar-refractivity contribution in [3.63, 3.8) is 0 Å². The van der Waals surface area contributed by atoms with E-state index in [0.717, 1.165) is 6.20 Å². The van der Waals surface area contributed by atoms with Crippen molar-refractivity contribution in [3.05, 3.63) is 47.7 Å². The number of benzene rings is 1. The molecule has 0 radical (unpaired) electrons. The van der Waals surface area contributed by atoms with Crippen molar-refractivity contribution >= 4 is 17.9 Å². The van der Waals surface area contributed by atoms with E-state index in [0.29, 0.717) is 5.56 Å². The van der Waals surface area contributed by atoms with Crippen LogP contribution in [0.15, 0.2) is 42.1 Å². The number of hydrogen-bond donors (Lipinski definition) is 2. The van der Waals surface area contributed by atoms with Crippen molar-refractivity contribution in [2.24, 2.45) is 0 Å². The van der Waals surface area contributed by atoms with Crippen LogP contribution in [0.25, 0.3) is 0 Å². The highest BCUT2D eigenvalue weighted by Gasteiger charge is 2.23. The molecular formula is C16H19NO6. The first-order chi connectivity index (χ1) is 11.0. The number of carbonyl (C=O) groups is 3. The first kappa shape index (κ1) is 18.2. The number of aliphatic carboxylic acids is 1. The van der Waals surface area contributed by atoms with Crippen molar-refractivity contribution < 1.29 is 29.0 Å². The van der Waals surface area contributed by atoms with Gasteiger partial charge in [0.2, 0.25) is 0 Å². The van der Waals surface area contributed by atoms with Gasteiger partial charge in [-0.15, -0.1) is 0 Å². The lowest BCUT2D eigenvalue weighted by Gasteiger charge is -2.14. The van der Waals surface area contributed by atoms with Gasteiger partial charge in [0, 0.05) is 6.20 Å². The quantitative estimate of drug-likeness (QED) is 0.323. The Morgan fingerprint density at radius 1 is 1.09 bits per heavy atom. The largest absolute Gasteiger partial charge is 0.479 e. The van der Waals surface area contributed by atoms with Gasteiger partial charge in [0.1, 0.15) is 6.04 Å². The summed E-state index contributed by atoms with van der Waals surface area (Å²) < 4.78 is 9.55. The van der Waals surface area contributed by atoms with Crippen LogP contribution in [-0.2, 0) is 23.9 Å². The number of carboxylic acids is 1. The fourth-order valence-electron chi connectivity index (χ4n) is 1.74. The lowest BCUT2D eigenvalue weighted by Crippen LogP contribution is -2.27. The van der Waals surface area contributed by atoms with E-state index in [-0.39, 0.29) is 13.2 Å². The van der Waals surface area contributed by atoms with Crippen LogP contribution in [0.4, 0.5) is 0 Å². The molecule has 1 aromatic carbocycles. The summed E-state index contributed by atoms with van der Waals surface area (Å²) in [5, 5.41) is 11.9. The topological polar surface area (TPSA) is 102 Å². The molecule has 2 N–H and O–H groups in total. The van der Waals surface area contributed by atoms with Crippen LogP contribution < -0.4 is 5.32 Å². The zero-order valence-corrected chi connectivity index (χ0v) is 12.9. The van der Waals surface area contributed by atoms with Crippen LogP contribution in [0.2, 0.25) is 0 Å². The molecule has 0 heterocycles. The number of nitrogens with one attached hydrogen (secondary N) is 1. The minimum absolute atomic E-state index is 0.0800. The van der Waals surface area contributed by atoms with E-state index < -0.39 is 29.5 Å². The zero-order valence-electron chi connectivity index (χ0n) is 12.9. The molecule has 0 bridgehead atoms. The number of esters is 2. The van der Waals surface area contributed by atoms with E-state index in [1.807, 2.05) is 0 Å². The molecule has 0 saturated heterocycles. The van der Waals surface area contributed by atoms with Crippen LogP contribution in [-0.4, -0.2) is 36.2 Å². The number of rotatable bonds is 8. The van der Waals surface area contributed by atoms with E-state index in [1.165, 1.54) is 0 Å². The predicted octanol–water partition coefficient (Wildman–Crippen LogP) is 1.41. The second kappa shape index (κ2) is 9.24. The van der Waals surface area contributed by atoms with E-state index >= 15 is 0 Å². The van der Waals surface area contributed by atoms with Crippen molar-refractivity contribution in [3.8, 4) is 0 Å². The zero-order chi connectivity index (χ0) is 17.2. The standard InChI is InChI=1S/C16H19NO6/c1-3-22-15(20)12(16(21)23-4-2)10-17-13(14(18)19)11-8-6-5-7-9-11/h5-10,13,17H,3-4H2,1-2H3,(H,18,19). The second-order valence-corrected chi connectivity index (χ2v) is 4.35. The van der Waals surface area contributed by atoms with Crippen LogP contribution in [0.5, 0.6) is 0 Å². The Balaban J connectivity index is 3.02. The summed E-state index contributed by atoms with van der Waals surface area (Å²) in [5.41, 5.74) is 0.0826. The lowest BCUT2D eigenvalue weighted by atomic mass is 10.1. The normalized spacial score (nSPS) is 11.0. The maximum absolute atomic E-state index is 11.8. The Labute approximate surface area is 133 Å². The Morgan fingerprint density at radius 3 is 2.04 bits per heavy atom. The summed E-state index contributed by atoms with van der Waals surface area (Å²) >= 11 is 0. The molecule has 0 aromatic heterocycles. The number of hydrogen-bond acceptors (Lipinski definition) is 6. The number of ether oxygens (including phenoxy) is 2. The molecule has 124 valence electrons. The molecule has 7 heteroatoms. The summed E-state index contributed by atoms with van der Waals surface area (Å²) in [6.07, 6.45) is 1.02. The minimum atomic E-state index is -1.15. The minimum Gasteiger partial charge on any atom is -0.479 e. The average Bonchev–Trinajstić information content (AvgIpc) is 2.52. The summed E-state index contributed by atoms with van der Waals surface area (Å²) in [6.45, 7) is 3.35. The molecule has 0 spiro atoms.